The Bertz CT molecular complexity index is 1070. The monoisotopic (exact) mass is 337 g/mol. The lowest BCUT2D eigenvalue weighted by Crippen LogP contribution is -2.13. The zero-order valence-corrected chi connectivity index (χ0v) is 12.8. The molecule has 0 aliphatic carbocycles. The van der Waals surface area contributed by atoms with E-state index in [2.05, 4.69) is 0 Å². The number of ketones is 1. The highest BCUT2D eigenvalue weighted by atomic mass is 16.6. The first kappa shape index (κ1) is 16.1. The summed E-state index contributed by atoms with van der Waals surface area (Å²) in [6, 6.07) is 11.8. The summed E-state index contributed by atoms with van der Waals surface area (Å²) < 4.78 is 6.46. The summed E-state index contributed by atoms with van der Waals surface area (Å²) in [5.41, 5.74) is 1.22. The molecule has 0 spiro atoms. The molecule has 0 bridgehead atoms. The van der Waals surface area contributed by atoms with Gasteiger partial charge in [0.05, 0.1) is 22.9 Å². The van der Waals surface area contributed by atoms with E-state index in [0.29, 0.717) is 11.1 Å². The Morgan fingerprint density at radius 3 is 2.52 bits per heavy atom. The lowest BCUT2D eigenvalue weighted by Gasteiger charge is -2.02. The van der Waals surface area contributed by atoms with Crippen molar-refractivity contribution in [2.24, 2.45) is 0 Å². The second kappa shape index (κ2) is 6.41. The first-order valence-electron chi connectivity index (χ1n) is 7.31. The zero-order valence-electron chi connectivity index (χ0n) is 12.8. The second-order valence-corrected chi connectivity index (χ2v) is 5.24. The second-order valence-electron chi connectivity index (χ2n) is 5.24. The molecule has 25 heavy (non-hydrogen) atoms. The molecule has 0 aliphatic rings. The number of oxazole rings is 1. The Labute approximate surface area is 140 Å². The molecule has 0 aliphatic heterocycles. The van der Waals surface area contributed by atoms with Crippen molar-refractivity contribution in [3.63, 3.8) is 0 Å². The quantitative estimate of drug-likeness (QED) is 0.401. The average molecular weight is 337 g/mol. The van der Waals surface area contributed by atoms with Gasteiger partial charge in [0.25, 0.3) is 5.69 Å². The van der Waals surface area contributed by atoms with Crippen LogP contribution in [0.2, 0.25) is 0 Å². The molecular weight excluding hydrogens is 326 g/mol. The van der Waals surface area contributed by atoms with Crippen LogP contribution in [0.4, 0.5) is 5.69 Å². The number of rotatable bonds is 5. The van der Waals surface area contributed by atoms with Crippen molar-refractivity contribution in [2.75, 3.05) is 0 Å². The van der Waals surface area contributed by atoms with E-state index in [9.17, 15) is 19.7 Å². The van der Waals surface area contributed by atoms with E-state index in [1.54, 1.807) is 12.1 Å². The Hall–Kier alpha value is -3.73. The number of hydrogen-bond acceptors (Lipinski definition) is 6. The van der Waals surface area contributed by atoms with Crippen LogP contribution in [-0.2, 0) is 6.54 Å². The fraction of sp³-hybridized carbons (Fsp3) is 0.118. The molecule has 2 aromatic carbocycles. The summed E-state index contributed by atoms with van der Waals surface area (Å²) >= 11 is 0. The number of non-ortho nitro benzene ring substituents is 1. The Balaban J connectivity index is 1.96. The zero-order chi connectivity index (χ0) is 18.0. The molecule has 1 aromatic heterocycles. The Kier molecular flexibility index (Phi) is 4.14. The maximum atomic E-state index is 12.5. The molecule has 0 N–H and O–H groups in total. The van der Waals surface area contributed by atoms with Crippen molar-refractivity contribution >= 4 is 22.6 Å². The van der Waals surface area contributed by atoms with Gasteiger partial charge < -0.3 is 4.42 Å². The van der Waals surface area contributed by atoms with E-state index in [1.165, 1.54) is 34.9 Å². The Morgan fingerprint density at radius 1 is 1.20 bits per heavy atom. The number of nitriles is 1. The Morgan fingerprint density at radius 2 is 1.88 bits per heavy atom. The minimum absolute atomic E-state index is 0.104. The fourth-order valence-corrected chi connectivity index (χ4v) is 2.48. The molecule has 3 rings (SSSR count). The molecule has 1 heterocycles. The van der Waals surface area contributed by atoms with Gasteiger partial charge in [-0.1, -0.05) is 0 Å². The largest absolute Gasteiger partial charge is 0.419 e. The van der Waals surface area contributed by atoms with Gasteiger partial charge in [0, 0.05) is 29.8 Å². The van der Waals surface area contributed by atoms with Crippen molar-refractivity contribution in [3.8, 4) is 6.07 Å². The van der Waals surface area contributed by atoms with Crippen molar-refractivity contribution in [1.82, 2.24) is 4.57 Å². The third-order valence-electron chi connectivity index (χ3n) is 3.72. The highest BCUT2D eigenvalue weighted by molar-refractivity contribution is 6.10. The molecule has 0 saturated heterocycles. The van der Waals surface area contributed by atoms with Crippen molar-refractivity contribution < 1.29 is 14.1 Å². The first-order valence-corrected chi connectivity index (χ1v) is 7.31. The highest BCUT2D eigenvalue weighted by Crippen LogP contribution is 2.19. The van der Waals surface area contributed by atoms with Crippen LogP contribution in [0.1, 0.15) is 22.3 Å². The standard InChI is InChI=1S/C17H11N3O5/c18-8-1-9-19-14-7-4-12(10-15(14)25-17(19)22)16(21)11-2-5-13(6-3-11)20(23)24/h2-7,10H,1,9H2. The maximum absolute atomic E-state index is 12.5. The van der Waals surface area contributed by atoms with E-state index >= 15 is 0 Å². The van der Waals surface area contributed by atoms with Gasteiger partial charge in [-0.3, -0.25) is 19.5 Å². The van der Waals surface area contributed by atoms with Gasteiger partial charge in [0.1, 0.15) is 0 Å². The number of hydrogen-bond donors (Lipinski definition) is 0. The van der Waals surface area contributed by atoms with Gasteiger partial charge in [0.2, 0.25) is 0 Å². The van der Waals surface area contributed by atoms with Gasteiger partial charge in [-0.05, 0) is 30.3 Å². The molecule has 0 unspecified atom stereocenters. The normalized spacial score (nSPS) is 10.5. The molecule has 8 nitrogen and oxygen atoms in total. The summed E-state index contributed by atoms with van der Waals surface area (Å²) in [7, 11) is 0. The van der Waals surface area contributed by atoms with Crippen molar-refractivity contribution in [2.45, 2.75) is 13.0 Å². The van der Waals surface area contributed by atoms with Gasteiger partial charge in [-0.2, -0.15) is 5.26 Å². The number of carbonyl (C=O) groups excluding carboxylic acids is 1. The van der Waals surface area contributed by atoms with Crippen LogP contribution in [0.3, 0.4) is 0 Å². The van der Waals surface area contributed by atoms with E-state index in [-0.39, 0.29) is 35.6 Å². The minimum Gasteiger partial charge on any atom is -0.408 e. The molecule has 0 amide bonds. The van der Waals surface area contributed by atoms with E-state index in [1.807, 2.05) is 6.07 Å². The smallest absolute Gasteiger partial charge is 0.408 e. The van der Waals surface area contributed by atoms with Crippen LogP contribution in [-0.4, -0.2) is 15.3 Å². The van der Waals surface area contributed by atoms with Crippen LogP contribution in [0, 0.1) is 21.4 Å². The van der Waals surface area contributed by atoms with E-state index in [0.717, 1.165) is 0 Å². The van der Waals surface area contributed by atoms with Gasteiger partial charge in [-0.15, -0.1) is 0 Å². The number of benzene rings is 2. The average Bonchev–Trinajstić information content (AvgIpc) is 2.93. The molecule has 0 radical (unpaired) electrons. The third kappa shape index (κ3) is 3.03. The summed E-state index contributed by atoms with van der Waals surface area (Å²) in [4.78, 5) is 34.5. The molecular formula is C17H11N3O5. The van der Waals surface area contributed by atoms with Gasteiger partial charge in [0.15, 0.2) is 11.4 Å². The number of carbonyl (C=O) groups is 1. The lowest BCUT2D eigenvalue weighted by molar-refractivity contribution is -0.384. The molecule has 0 atom stereocenters. The number of nitro benzene ring substituents is 1. The van der Waals surface area contributed by atoms with Crippen molar-refractivity contribution in [1.29, 1.82) is 5.26 Å². The topological polar surface area (TPSA) is 119 Å². The summed E-state index contributed by atoms with van der Waals surface area (Å²) in [6.45, 7) is 0.206. The molecule has 8 heteroatoms. The number of nitrogens with zero attached hydrogens (tertiary/aromatic N) is 3. The SMILES string of the molecule is N#CCCn1c(=O)oc2cc(C(=O)c3ccc([N+](=O)[O-])cc3)ccc21. The summed E-state index contributed by atoms with van der Waals surface area (Å²) in [5.74, 6) is -0.936. The van der Waals surface area contributed by atoms with Crippen molar-refractivity contribution in [3.05, 3.63) is 74.3 Å². The highest BCUT2D eigenvalue weighted by Gasteiger charge is 2.15. The predicted octanol–water partition coefficient (Wildman–Crippen LogP) is 2.65. The van der Waals surface area contributed by atoms with E-state index in [4.69, 9.17) is 9.68 Å². The van der Waals surface area contributed by atoms with Crippen LogP contribution >= 0.6 is 0 Å². The number of aromatic nitrogens is 1. The van der Waals surface area contributed by atoms with Gasteiger partial charge >= 0.3 is 5.76 Å². The van der Waals surface area contributed by atoms with Crippen LogP contribution in [0.25, 0.3) is 11.1 Å². The first-order chi connectivity index (χ1) is 12.0. The maximum Gasteiger partial charge on any atom is 0.419 e. The number of nitro groups is 1. The van der Waals surface area contributed by atoms with E-state index < -0.39 is 10.7 Å². The lowest BCUT2D eigenvalue weighted by atomic mass is 10.0. The van der Waals surface area contributed by atoms with Gasteiger partial charge in [-0.25, -0.2) is 4.79 Å². The molecule has 3 aromatic rings. The number of fused-ring (bicyclic) bond motifs is 1. The summed E-state index contributed by atoms with van der Waals surface area (Å²) in [6.07, 6.45) is 0.165. The van der Waals surface area contributed by atoms with Crippen LogP contribution in [0.15, 0.2) is 51.7 Å². The molecule has 0 saturated carbocycles. The predicted molar refractivity (Wildman–Crippen MR) is 87.2 cm³/mol. The number of aryl methyl sites for hydroxylation is 1. The van der Waals surface area contributed by atoms with Crippen LogP contribution in [0.5, 0.6) is 0 Å². The minimum atomic E-state index is -0.592. The fourth-order valence-electron chi connectivity index (χ4n) is 2.48. The molecule has 124 valence electrons. The third-order valence-corrected chi connectivity index (χ3v) is 3.72. The molecule has 0 fully saturated rings. The van der Waals surface area contributed by atoms with Crippen LogP contribution < -0.4 is 5.76 Å². The summed E-state index contributed by atoms with van der Waals surface area (Å²) in [5, 5.41) is 19.3.